The Balaban J connectivity index is 1.94. The van der Waals surface area contributed by atoms with Gasteiger partial charge in [0.1, 0.15) is 0 Å². The molecule has 1 aliphatic rings. The van der Waals surface area contributed by atoms with Crippen molar-refractivity contribution in [1.29, 1.82) is 0 Å². The van der Waals surface area contributed by atoms with Crippen LogP contribution in [0.5, 0.6) is 0 Å². The number of aromatic nitrogens is 3. The largest absolute Gasteiger partial charge is 0.366 e. The first-order valence-corrected chi connectivity index (χ1v) is 7.06. The summed E-state index contributed by atoms with van der Waals surface area (Å²) >= 11 is 0. The average molecular weight is 269 g/mol. The first kappa shape index (κ1) is 12.8. The number of benzene rings is 1. The Labute approximate surface area is 119 Å². The molecule has 5 heteroatoms. The van der Waals surface area contributed by atoms with Crippen molar-refractivity contribution in [3.05, 3.63) is 36.0 Å². The molecule has 2 heterocycles. The van der Waals surface area contributed by atoms with Gasteiger partial charge >= 0.3 is 0 Å². The van der Waals surface area contributed by atoms with E-state index >= 15 is 0 Å². The molecule has 1 aromatic heterocycles. The maximum Gasteiger partial charge on any atom is 0.251 e. The predicted octanol–water partition coefficient (Wildman–Crippen LogP) is 2.78. The zero-order chi connectivity index (χ0) is 13.9. The van der Waals surface area contributed by atoms with Crippen molar-refractivity contribution in [2.75, 3.05) is 16.8 Å². The number of fused-ring (bicyclic) bond motifs is 1. The summed E-state index contributed by atoms with van der Waals surface area (Å²) in [6.07, 6.45) is 3.89. The lowest BCUT2D eigenvalue weighted by Gasteiger charge is -2.29. The number of anilines is 3. The predicted molar refractivity (Wildman–Crippen MR) is 80.4 cm³/mol. The van der Waals surface area contributed by atoms with Crippen molar-refractivity contribution in [3.8, 4) is 0 Å². The molecule has 1 aromatic carbocycles. The van der Waals surface area contributed by atoms with Gasteiger partial charge in [-0.05, 0) is 38.3 Å². The second-order valence-electron chi connectivity index (χ2n) is 5.32. The van der Waals surface area contributed by atoms with Gasteiger partial charge in [-0.2, -0.15) is 10.1 Å². The van der Waals surface area contributed by atoms with Crippen LogP contribution in [-0.4, -0.2) is 27.8 Å². The quantitative estimate of drug-likeness (QED) is 0.928. The smallest absolute Gasteiger partial charge is 0.251 e. The second kappa shape index (κ2) is 5.45. The van der Waals surface area contributed by atoms with E-state index in [1.165, 1.54) is 11.3 Å². The van der Waals surface area contributed by atoms with E-state index in [1.807, 2.05) is 0 Å². The van der Waals surface area contributed by atoms with E-state index in [1.54, 1.807) is 6.20 Å². The molecule has 1 N–H and O–H groups in total. The molecule has 3 rings (SSSR count). The Morgan fingerprint density at radius 3 is 2.95 bits per heavy atom. The van der Waals surface area contributed by atoms with Crippen LogP contribution in [0, 0.1) is 0 Å². The van der Waals surface area contributed by atoms with Gasteiger partial charge in [0.25, 0.3) is 5.95 Å². The van der Waals surface area contributed by atoms with E-state index in [4.69, 9.17) is 0 Å². The molecule has 20 heavy (non-hydrogen) atoms. The van der Waals surface area contributed by atoms with Gasteiger partial charge in [-0.25, -0.2) is 0 Å². The number of rotatable bonds is 3. The van der Waals surface area contributed by atoms with E-state index in [0.717, 1.165) is 25.2 Å². The zero-order valence-electron chi connectivity index (χ0n) is 11.9. The van der Waals surface area contributed by atoms with Crippen molar-refractivity contribution < 1.29 is 0 Å². The molecule has 0 bridgehead atoms. The minimum atomic E-state index is 0.327. The highest BCUT2D eigenvalue weighted by atomic mass is 15.3. The topological polar surface area (TPSA) is 53.9 Å². The van der Waals surface area contributed by atoms with E-state index in [0.29, 0.717) is 12.0 Å². The van der Waals surface area contributed by atoms with E-state index in [-0.39, 0.29) is 0 Å². The highest BCUT2D eigenvalue weighted by molar-refractivity contribution is 5.63. The lowest BCUT2D eigenvalue weighted by molar-refractivity contribution is 0.740. The standard InChI is InChI=1S/C15H19N5/c1-11(2)17-14-10-16-19-15(18-14)20-9-5-7-12-6-3-4-8-13(12)20/h3-4,6,8,10-11H,5,7,9H2,1-2H3,(H,17,18,19). The maximum absolute atomic E-state index is 4.58. The number of hydrogen-bond donors (Lipinski definition) is 1. The van der Waals surface area contributed by atoms with Crippen LogP contribution in [0.4, 0.5) is 17.5 Å². The minimum absolute atomic E-state index is 0.327. The Bertz CT molecular complexity index is 596. The molecule has 0 saturated carbocycles. The molecule has 0 saturated heterocycles. The van der Waals surface area contributed by atoms with E-state index < -0.39 is 0 Å². The van der Waals surface area contributed by atoms with Gasteiger partial charge in [0.15, 0.2) is 5.82 Å². The molecule has 2 aromatic rings. The normalized spacial score (nSPS) is 14.2. The van der Waals surface area contributed by atoms with E-state index in [2.05, 4.69) is 63.5 Å². The fourth-order valence-corrected chi connectivity index (χ4v) is 2.52. The Kier molecular flexibility index (Phi) is 3.50. The summed E-state index contributed by atoms with van der Waals surface area (Å²) in [5.41, 5.74) is 2.55. The van der Waals surface area contributed by atoms with Crippen LogP contribution in [0.2, 0.25) is 0 Å². The van der Waals surface area contributed by atoms with Gasteiger partial charge in [0, 0.05) is 18.3 Å². The van der Waals surface area contributed by atoms with Crippen LogP contribution in [0.3, 0.4) is 0 Å². The fourth-order valence-electron chi connectivity index (χ4n) is 2.52. The molecule has 0 fully saturated rings. The molecule has 0 spiro atoms. The summed E-state index contributed by atoms with van der Waals surface area (Å²) in [5.74, 6) is 1.44. The van der Waals surface area contributed by atoms with Crippen LogP contribution in [0.15, 0.2) is 30.5 Å². The monoisotopic (exact) mass is 269 g/mol. The lowest BCUT2D eigenvalue weighted by atomic mass is 10.0. The first-order chi connectivity index (χ1) is 9.74. The van der Waals surface area contributed by atoms with Crippen molar-refractivity contribution in [3.63, 3.8) is 0 Å². The van der Waals surface area contributed by atoms with Crippen molar-refractivity contribution in [2.45, 2.75) is 32.7 Å². The maximum atomic E-state index is 4.58. The molecule has 0 radical (unpaired) electrons. The summed E-state index contributed by atoms with van der Waals surface area (Å²) in [6.45, 7) is 5.10. The van der Waals surface area contributed by atoms with Crippen LogP contribution in [0.25, 0.3) is 0 Å². The fraction of sp³-hybridized carbons (Fsp3) is 0.400. The van der Waals surface area contributed by atoms with Gasteiger partial charge in [0.05, 0.1) is 6.20 Å². The Morgan fingerprint density at radius 2 is 2.10 bits per heavy atom. The highest BCUT2D eigenvalue weighted by Gasteiger charge is 2.20. The summed E-state index contributed by atoms with van der Waals surface area (Å²) in [4.78, 5) is 6.73. The molecule has 0 atom stereocenters. The molecule has 104 valence electrons. The summed E-state index contributed by atoms with van der Waals surface area (Å²) in [5, 5.41) is 11.5. The van der Waals surface area contributed by atoms with Crippen LogP contribution in [-0.2, 0) is 6.42 Å². The number of hydrogen-bond acceptors (Lipinski definition) is 5. The Hall–Kier alpha value is -2.17. The van der Waals surface area contributed by atoms with Crippen LogP contribution in [0.1, 0.15) is 25.8 Å². The van der Waals surface area contributed by atoms with Crippen molar-refractivity contribution in [1.82, 2.24) is 15.2 Å². The molecule has 0 aliphatic carbocycles. The molecule has 0 amide bonds. The highest BCUT2D eigenvalue weighted by Crippen LogP contribution is 2.31. The number of nitrogens with one attached hydrogen (secondary N) is 1. The third-order valence-electron chi connectivity index (χ3n) is 3.34. The van der Waals surface area contributed by atoms with Gasteiger partial charge < -0.3 is 10.2 Å². The van der Waals surface area contributed by atoms with Crippen LogP contribution < -0.4 is 10.2 Å². The molecular weight excluding hydrogens is 250 g/mol. The van der Waals surface area contributed by atoms with Crippen LogP contribution >= 0.6 is 0 Å². The second-order valence-corrected chi connectivity index (χ2v) is 5.32. The minimum Gasteiger partial charge on any atom is -0.366 e. The van der Waals surface area contributed by atoms with Crippen molar-refractivity contribution in [2.24, 2.45) is 0 Å². The van der Waals surface area contributed by atoms with Gasteiger partial charge in [-0.3, -0.25) is 0 Å². The average Bonchev–Trinajstić information content (AvgIpc) is 2.46. The Morgan fingerprint density at radius 1 is 1.25 bits per heavy atom. The van der Waals surface area contributed by atoms with Gasteiger partial charge in [0.2, 0.25) is 0 Å². The third kappa shape index (κ3) is 2.57. The van der Waals surface area contributed by atoms with E-state index in [9.17, 15) is 0 Å². The molecule has 1 aliphatic heterocycles. The summed E-state index contributed by atoms with van der Waals surface area (Å²) < 4.78 is 0. The number of para-hydroxylation sites is 1. The lowest BCUT2D eigenvalue weighted by Crippen LogP contribution is -2.27. The SMILES string of the molecule is CC(C)Nc1cnnc(N2CCCc3ccccc32)n1. The van der Waals surface area contributed by atoms with Gasteiger partial charge in [-0.15, -0.1) is 5.10 Å². The molecular formula is C15H19N5. The number of nitrogens with zero attached hydrogens (tertiary/aromatic N) is 4. The molecule has 5 nitrogen and oxygen atoms in total. The summed E-state index contributed by atoms with van der Waals surface area (Å²) in [6, 6.07) is 8.76. The van der Waals surface area contributed by atoms with Gasteiger partial charge in [-0.1, -0.05) is 18.2 Å². The van der Waals surface area contributed by atoms with Crippen molar-refractivity contribution >= 4 is 17.5 Å². The zero-order valence-corrected chi connectivity index (χ0v) is 11.9. The summed E-state index contributed by atoms with van der Waals surface area (Å²) in [7, 11) is 0. The number of aryl methyl sites for hydroxylation is 1. The first-order valence-electron chi connectivity index (χ1n) is 7.06. The third-order valence-corrected chi connectivity index (χ3v) is 3.34. The molecule has 0 unspecified atom stereocenters.